The first kappa shape index (κ1) is 13.9. The van der Waals surface area contributed by atoms with Gasteiger partial charge in [0.15, 0.2) is 0 Å². The van der Waals surface area contributed by atoms with Gasteiger partial charge in [-0.3, -0.25) is 9.78 Å². The summed E-state index contributed by atoms with van der Waals surface area (Å²) in [4.78, 5) is 27.2. The van der Waals surface area contributed by atoms with Crippen molar-refractivity contribution in [2.45, 2.75) is 13.3 Å². The Labute approximate surface area is 104 Å². The number of rotatable bonds is 5. The molecule has 0 aromatic carbocycles. The average molecular weight is 248 g/mol. The van der Waals surface area contributed by atoms with Crippen molar-refractivity contribution in [1.82, 2.24) is 9.97 Å². The quantitative estimate of drug-likeness (QED) is 0.678. The Hall–Kier alpha value is -2.14. The standard InChI is InChI=1S/C13H16N2O3/c1-3-5-10(9(4-2)6-7-16)11-8-12(17)15-13(18)14-11/h3-5,8,16H,2,6-7H2,1H3,(H2,14,15,17,18)/b5-3-,10-9-. The number of allylic oxidation sites excluding steroid dienone is 4. The molecule has 0 atom stereocenters. The molecule has 3 N–H and O–H groups in total. The summed E-state index contributed by atoms with van der Waals surface area (Å²) in [5.74, 6) is 0. The lowest BCUT2D eigenvalue weighted by Crippen LogP contribution is -2.22. The Kier molecular flexibility index (Phi) is 5.07. The molecule has 1 aromatic rings. The molecule has 96 valence electrons. The maximum Gasteiger partial charge on any atom is 0.326 e. The molecule has 0 radical (unpaired) electrons. The second-order valence-corrected chi connectivity index (χ2v) is 3.62. The van der Waals surface area contributed by atoms with Gasteiger partial charge in [0, 0.05) is 18.2 Å². The van der Waals surface area contributed by atoms with Gasteiger partial charge in [0.25, 0.3) is 5.56 Å². The van der Waals surface area contributed by atoms with Crippen LogP contribution in [0.1, 0.15) is 19.0 Å². The predicted molar refractivity (Wildman–Crippen MR) is 71.3 cm³/mol. The smallest absolute Gasteiger partial charge is 0.326 e. The number of aliphatic hydroxyl groups is 1. The van der Waals surface area contributed by atoms with Gasteiger partial charge >= 0.3 is 5.69 Å². The van der Waals surface area contributed by atoms with Crippen LogP contribution in [0.2, 0.25) is 0 Å². The molecule has 0 aliphatic rings. The monoisotopic (exact) mass is 248 g/mol. The summed E-state index contributed by atoms with van der Waals surface area (Å²) in [6.45, 7) is 5.46. The lowest BCUT2D eigenvalue weighted by Gasteiger charge is -2.08. The molecule has 0 spiro atoms. The van der Waals surface area contributed by atoms with Gasteiger partial charge in [-0.05, 0) is 18.9 Å². The number of aliphatic hydroxyl groups excluding tert-OH is 1. The Morgan fingerprint density at radius 3 is 2.67 bits per heavy atom. The van der Waals surface area contributed by atoms with Crippen molar-refractivity contribution < 1.29 is 5.11 Å². The zero-order valence-corrected chi connectivity index (χ0v) is 10.2. The summed E-state index contributed by atoms with van der Waals surface area (Å²) < 4.78 is 0. The normalized spacial score (nSPS) is 12.6. The maximum absolute atomic E-state index is 11.3. The first-order chi connectivity index (χ1) is 8.62. The van der Waals surface area contributed by atoms with Crippen LogP contribution in [-0.2, 0) is 0 Å². The molecule has 0 saturated heterocycles. The Bertz CT molecular complexity index is 562. The van der Waals surface area contributed by atoms with Gasteiger partial charge < -0.3 is 10.1 Å². The van der Waals surface area contributed by atoms with Crippen LogP contribution in [-0.4, -0.2) is 21.7 Å². The van der Waals surface area contributed by atoms with E-state index in [-0.39, 0.29) is 6.61 Å². The molecule has 0 amide bonds. The second kappa shape index (κ2) is 6.56. The van der Waals surface area contributed by atoms with Crippen LogP contribution < -0.4 is 11.2 Å². The molecule has 0 bridgehead atoms. The molecule has 0 unspecified atom stereocenters. The predicted octanol–water partition coefficient (Wildman–Crippen LogP) is 0.961. The maximum atomic E-state index is 11.3. The van der Waals surface area contributed by atoms with Crippen LogP contribution in [0, 0.1) is 0 Å². The van der Waals surface area contributed by atoms with E-state index in [4.69, 9.17) is 5.11 Å². The highest BCUT2D eigenvalue weighted by Gasteiger charge is 2.06. The van der Waals surface area contributed by atoms with E-state index in [1.807, 2.05) is 6.92 Å². The highest BCUT2D eigenvalue weighted by Crippen LogP contribution is 2.20. The van der Waals surface area contributed by atoms with Crippen LogP contribution in [0.4, 0.5) is 0 Å². The van der Waals surface area contributed by atoms with Gasteiger partial charge in [-0.1, -0.05) is 24.8 Å². The van der Waals surface area contributed by atoms with E-state index < -0.39 is 11.2 Å². The van der Waals surface area contributed by atoms with Crippen LogP contribution in [0.25, 0.3) is 5.57 Å². The van der Waals surface area contributed by atoms with Gasteiger partial charge in [-0.25, -0.2) is 4.79 Å². The molecular weight excluding hydrogens is 232 g/mol. The summed E-state index contributed by atoms with van der Waals surface area (Å²) in [6.07, 6.45) is 5.55. The van der Waals surface area contributed by atoms with Crippen molar-refractivity contribution in [3.05, 3.63) is 63.0 Å². The van der Waals surface area contributed by atoms with E-state index >= 15 is 0 Å². The number of aromatic amines is 2. The molecular formula is C13H16N2O3. The fourth-order valence-electron chi connectivity index (χ4n) is 1.62. The number of nitrogens with one attached hydrogen (secondary N) is 2. The van der Waals surface area contributed by atoms with Crippen LogP contribution in [0.3, 0.4) is 0 Å². The van der Waals surface area contributed by atoms with Crippen molar-refractivity contribution in [1.29, 1.82) is 0 Å². The largest absolute Gasteiger partial charge is 0.396 e. The molecule has 0 saturated carbocycles. The first-order valence-electron chi connectivity index (χ1n) is 5.55. The number of H-pyrrole nitrogens is 2. The minimum atomic E-state index is -0.563. The minimum Gasteiger partial charge on any atom is -0.396 e. The molecule has 18 heavy (non-hydrogen) atoms. The molecule has 5 nitrogen and oxygen atoms in total. The van der Waals surface area contributed by atoms with Gasteiger partial charge in [0.2, 0.25) is 0 Å². The van der Waals surface area contributed by atoms with Crippen molar-refractivity contribution in [2.24, 2.45) is 0 Å². The molecule has 0 fully saturated rings. The molecule has 0 aliphatic carbocycles. The summed E-state index contributed by atoms with van der Waals surface area (Å²) in [5.41, 5.74) is 0.807. The highest BCUT2D eigenvalue weighted by atomic mass is 16.3. The van der Waals surface area contributed by atoms with Crippen LogP contribution >= 0.6 is 0 Å². The highest BCUT2D eigenvalue weighted by molar-refractivity contribution is 5.76. The zero-order valence-electron chi connectivity index (χ0n) is 10.2. The summed E-state index contributed by atoms with van der Waals surface area (Å²) >= 11 is 0. The van der Waals surface area contributed by atoms with Crippen molar-refractivity contribution in [2.75, 3.05) is 6.61 Å². The topological polar surface area (TPSA) is 85.9 Å². The van der Waals surface area contributed by atoms with Crippen LogP contribution in [0.15, 0.2) is 46.0 Å². The molecule has 0 aliphatic heterocycles. The Balaban J connectivity index is 3.48. The van der Waals surface area contributed by atoms with Crippen molar-refractivity contribution in [3.8, 4) is 0 Å². The second-order valence-electron chi connectivity index (χ2n) is 3.62. The van der Waals surface area contributed by atoms with E-state index in [1.54, 1.807) is 18.2 Å². The number of aromatic nitrogens is 2. The van der Waals surface area contributed by atoms with E-state index in [0.29, 0.717) is 17.7 Å². The fourth-order valence-corrected chi connectivity index (χ4v) is 1.62. The Morgan fingerprint density at radius 1 is 1.44 bits per heavy atom. The first-order valence-corrected chi connectivity index (χ1v) is 5.55. The summed E-state index contributed by atoms with van der Waals surface area (Å²) in [7, 11) is 0. The van der Waals surface area contributed by atoms with Gasteiger partial charge in [0.05, 0.1) is 5.69 Å². The third-order valence-corrected chi connectivity index (χ3v) is 2.36. The summed E-state index contributed by atoms with van der Waals surface area (Å²) in [6, 6.07) is 1.30. The third-order valence-electron chi connectivity index (χ3n) is 2.36. The van der Waals surface area contributed by atoms with Gasteiger partial charge in [-0.2, -0.15) is 0 Å². The fraction of sp³-hybridized carbons (Fsp3) is 0.231. The van der Waals surface area contributed by atoms with E-state index in [2.05, 4.69) is 16.5 Å². The molecule has 1 aromatic heterocycles. The molecule has 1 rings (SSSR count). The van der Waals surface area contributed by atoms with E-state index in [1.165, 1.54) is 6.07 Å². The third kappa shape index (κ3) is 3.43. The van der Waals surface area contributed by atoms with Gasteiger partial charge in [0.1, 0.15) is 0 Å². The molecule has 5 heteroatoms. The minimum absolute atomic E-state index is 0.0319. The SMILES string of the molecule is C=C/C(CCO)=C(\C=C/C)c1cc(=O)[nH]c(=O)[nH]1. The zero-order chi connectivity index (χ0) is 13.5. The lowest BCUT2D eigenvalue weighted by molar-refractivity contribution is 0.300. The number of hydrogen-bond acceptors (Lipinski definition) is 3. The van der Waals surface area contributed by atoms with E-state index in [0.717, 1.165) is 5.57 Å². The van der Waals surface area contributed by atoms with Crippen molar-refractivity contribution in [3.63, 3.8) is 0 Å². The Morgan fingerprint density at radius 2 is 2.17 bits per heavy atom. The molecule has 1 heterocycles. The van der Waals surface area contributed by atoms with E-state index in [9.17, 15) is 9.59 Å². The van der Waals surface area contributed by atoms with Crippen molar-refractivity contribution >= 4 is 5.57 Å². The number of hydrogen-bond donors (Lipinski definition) is 3. The summed E-state index contributed by atoms with van der Waals surface area (Å²) in [5, 5.41) is 9.00. The van der Waals surface area contributed by atoms with Crippen LogP contribution in [0.5, 0.6) is 0 Å². The van der Waals surface area contributed by atoms with Gasteiger partial charge in [-0.15, -0.1) is 0 Å². The average Bonchev–Trinajstić information content (AvgIpc) is 2.32. The lowest BCUT2D eigenvalue weighted by atomic mass is 10.0.